The van der Waals surface area contributed by atoms with Gasteiger partial charge in [-0.1, -0.05) is 20.8 Å². The normalized spacial score (nSPS) is 10.7. The first kappa shape index (κ1) is 14.8. The number of aliphatic hydroxyl groups is 1. The van der Waals surface area contributed by atoms with Gasteiger partial charge in [0.25, 0.3) is 0 Å². The molecule has 1 aromatic carbocycles. The van der Waals surface area contributed by atoms with E-state index in [0.717, 1.165) is 36.3 Å². The van der Waals surface area contributed by atoms with Crippen molar-refractivity contribution in [3.05, 3.63) is 23.8 Å². The molecule has 0 heterocycles. The number of benzene rings is 1. The zero-order valence-electron chi connectivity index (χ0n) is 11.6. The molecule has 0 aliphatic carbocycles. The summed E-state index contributed by atoms with van der Waals surface area (Å²) in [7, 11) is 0. The predicted molar refractivity (Wildman–Crippen MR) is 73.1 cm³/mol. The molecule has 0 spiro atoms. The van der Waals surface area contributed by atoms with Gasteiger partial charge in [-0.25, -0.2) is 0 Å². The van der Waals surface area contributed by atoms with Crippen molar-refractivity contribution in [1.82, 2.24) is 0 Å². The van der Waals surface area contributed by atoms with Crippen LogP contribution in [-0.4, -0.2) is 17.8 Å². The van der Waals surface area contributed by atoms with Crippen LogP contribution in [0, 0.1) is 0 Å². The maximum atomic E-state index is 9.32. The first-order valence-corrected chi connectivity index (χ1v) is 6.78. The summed E-state index contributed by atoms with van der Waals surface area (Å²) in [5.41, 5.74) is 0.811. The molecule has 0 aromatic heterocycles. The maximum absolute atomic E-state index is 9.32. The van der Waals surface area contributed by atoms with Gasteiger partial charge in [-0.15, -0.1) is 0 Å². The van der Waals surface area contributed by atoms with Gasteiger partial charge < -0.3 is 14.6 Å². The van der Waals surface area contributed by atoms with E-state index in [1.807, 2.05) is 18.2 Å². The second-order valence-corrected chi connectivity index (χ2v) is 4.33. The minimum atomic E-state index is -0.0104. The van der Waals surface area contributed by atoms with Gasteiger partial charge in [0, 0.05) is 11.6 Å². The average Bonchev–Trinajstić information content (AvgIpc) is 2.42. The van der Waals surface area contributed by atoms with E-state index < -0.39 is 0 Å². The van der Waals surface area contributed by atoms with Crippen LogP contribution in [0.4, 0.5) is 0 Å². The van der Waals surface area contributed by atoms with Gasteiger partial charge in [-0.3, -0.25) is 0 Å². The van der Waals surface area contributed by atoms with Gasteiger partial charge in [0.2, 0.25) is 0 Å². The molecule has 1 rings (SSSR count). The second kappa shape index (κ2) is 7.98. The van der Waals surface area contributed by atoms with E-state index in [9.17, 15) is 5.11 Å². The molecule has 3 heteroatoms. The molecule has 0 amide bonds. The molecule has 0 unspecified atom stereocenters. The monoisotopic (exact) mass is 252 g/mol. The summed E-state index contributed by atoms with van der Waals surface area (Å²) in [5.74, 6) is 1.54. The summed E-state index contributed by atoms with van der Waals surface area (Å²) >= 11 is 0. The number of hydrogen-bond acceptors (Lipinski definition) is 3. The van der Waals surface area contributed by atoms with Crippen LogP contribution >= 0.6 is 0 Å². The van der Waals surface area contributed by atoms with Crippen LogP contribution in [-0.2, 0) is 6.61 Å². The van der Waals surface area contributed by atoms with Gasteiger partial charge in [-0.05, 0) is 31.4 Å². The maximum Gasteiger partial charge on any atom is 0.128 e. The van der Waals surface area contributed by atoms with Crippen molar-refractivity contribution in [3.8, 4) is 11.5 Å². The van der Waals surface area contributed by atoms with Crippen molar-refractivity contribution >= 4 is 0 Å². The smallest absolute Gasteiger partial charge is 0.128 e. The van der Waals surface area contributed by atoms with E-state index in [-0.39, 0.29) is 12.7 Å². The Labute approximate surface area is 110 Å². The molecule has 0 aliphatic rings. The quantitative estimate of drug-likeness (QED) is 0.769. The molecule has 0 atom stereocenters. The highest BCUT2D eigenvalue weighted by molar-refractivity contribution is 5.40. The molecule has 0 radical (unpaired) electrons. The van der Waals surface area contributed by atoms with E-state index in [1.54, 1.807) is 0 Å². The minimum absolute atomic E-state index is 0.0104. The van der Waals surface area contributed by atoms with Crippen LogP contribution in [0.1, 0.15) is 45.6 Å². The van der Waals surface area contributed by atoms with Crippen LogP contribution in [0.3, 0.4) is 0 Å². The van der Waals surface area contributed by atoms with Crippen molar-refractivity contribution in [2.45, 2.75) is 52.7 Å². The summed E-state index contributed by atoms with van der Waals surface area (Å²) in [5, 5.41) is 9.32. The first-order chi connectivity index (χ1) is 8.74. The minimum Gasteiger partial charge on any atom is -0.493 e. The fraction of sp³-hybridized carbons (Fsp3) is 0.600. The molecule has 1 N–H and O–H groups in total. The molecule has 0 bridgehead atoms. The zero-order chi connectivity index (χ0) is 13.4. The van der Waals surface area contributed by atoms with Crippen LogP contribution in [0.25, 0.3) is 0 Å². The Morgan fingerprint density at radius 1 is 1.17 bits per heavy atom. The fourth-order valence-electron chi connectivity index (χ4n) is 1.72. The molecular formula is C15H24O3. The molecule has 1 aromatic rings. The predicted octanol–water partition coefficient (Wildman–Crippen LogP) is 3.54. The lowest BCUT2D eigenvalue weighted by Crippen LogP contribution is -2.14. The Kier molecular flexibility index (Phi) is 6.58. The van der Waals surface area contributed by atoms with Gasteiger partial charge in [-0.2, -0.15) is 0 Å². The van der Waals surface area contributed by atoms with E-state index in [2.05, 4.69) is 20.8 Å². The third-order valence-electron chi connectivity index (χ3n) is 2.89. The molecule has 18 heavy (non-hydrogen) atoms. The second-order valence-electron chi connectivity index (χ2n) is 4.33. The van der Waals surface area contributed by atoms with Crippen molar-refractivity contribution < 1.29 is 14.6 Å². The highest BCUT2D eigenvalue weighted by atomic mass is 16.5. The zero-order valence-corrected chi connectivity index (χ0v) is 11.6. The summed E-state index contributed by atoms with van der Waals surface area (Å²) in [6.45, 7) is 6.96. The Morgan fingerprint density at radius 2 is 1.89 bits per heavy atom. The molecule has 0 saturated carbocycles. The van der Waals surface area contributed by atoms with Crippen LogP contribution in [0.2, 0.25) is 0 Å². The Bertz CT molecular complexity index is 346. The topological polar surface area (TPSA) is 38.7 Å². The van der Waals surface area contributed by atoms with Crippen molar-refractivity contribution in [2.75, 3.05) is 6.61 Å². The lowest BCUT2D eigenvalue weighted by molar-refractivity contribution is 0.183. The standard InChI is InChI=1S/C15H24O3/c1-4-9-17-14-8-7-12(11-16)15(10-14)18-13(5-2)6-3/h7-8,10,13,16H,4-6,9,11H2,1-3H3. The van der Waals surface area contributed by atoms with Crippen LogP contribution in [0.15, 0.2) is 18.2 Å². The van der Waals surface area contributed by atoms with E-state index in [4.69, 9.17) is 9.47 Å². The molecule has 0 saturated heterocycles. The third-order valence-corrected chi connectivity index (χ3v) is 2.89. The largest absolute Gasteiger partial charge is 0.493 e. The molecule has 0 fully saturated rings. The first-order valence-electron chi connectivity index (χ1n) is 6.78. The summed E-state index contributed by atoms with van der Waals surface area (Å²) in [6, 6.07) is 5.61. The van der Waals surface area contributed by atoms with Crippen molar-refractivity contribution in [1.29, 1.82) is 0 Å². The summed E-state index contributed by atoms with van der Waals surface area (Å²) in [6.07, 6.45) is 3.09. The van der Waals surface area contributed by atoms with Gasteiger partial charge >= 0.3 is 0 Å². The molecule has 3 nitrogen and oxygen atoms in total. The number of aliphatic hydroxyl groups excluding tert-OH is 1. The lowest BCUT2D eigenvalue weighted by Gasteiger charge is -2.18. The highest BCUT2D eigenvalue weighted by Gasteiger charge is 2.10. The van der Waals surface area contributed by atoms with Gasteiger partial charge in [0.15, 0.2) is 0 Å². The number of ether oxygens (including phenoxy) is 2. The molecule has 102 valence electrons. The van der Waals surface area contributed by atoms with Crippen molar-refractivity contribution in [2.24, 2.45) is 0 Å². The third kappa shape index (κ3) is 4.22. The van der Waals surface area contributed by atoms with E-state index >= 15 is 0 Å². The Hall–Kier alpha value is -1.22. The average molecular weight is 252 g/mol. The number of hydrogen-bond donors (Lipinski definition) is 1. The van der Waals surface area contributed by atoms with Gasteiger partial charge in [0.05, 0.1) is 19.3 Å². The summed E-state index contributed by atoms with van der Waals surface area (Å²) < 4.78 is 11.5. The van der Waals surface area contributed by atoms with E-state index in [0.29, 0.717) is 6.61 Å². The SMILES string of the molecule is CCCOc1ccc(CO)c(OC(CC)CC)c1. The van der Waals surface area contributed by atoms with Crippen LogP contribution in [0.5, 0.6) is 11.5 Å². The van der Waals surface area contributed by atoms with Crippen LogP contribution < -0.4 is 9.47 Å². The Morgan fingerprint density at radius 3 is 2.44 bits per heavy atom. The number of rotatable bonds is 8. The fourth-order valence-corrected chi connectivity index (χ4v) is 1.72. The lowest BCUT2D eigenvalue weighted by atomic mass is 10.1. The molecule has 0 aliphatic heterocycles. The summed E-state index contributed by atoms with van der Waals surface area (Å²) in [4.78, 5) is 0. The highest BCUT2D eigenvalue weighted by Crippen LogP contribution is 2.27. The molecular weight excluding hydrogens is 228 g/mol. The van der Waals surface area contributed by atoms with E-state index in [1.165, 1.54) is 0 Å². The van der Waals surface area contributed by atoms with Crippen molar-refractivity contribution in [3.63, 3.8) is 0 Å². The Balaban J connectivity index is 2.84. The van der Waals surface area contributed by atoms with Gasteiger partial charge in [0.1, 0.15) is 11.5 Å².